The second-order valence-corrected chi connectivity index (χ2v) is 5.73. The maximum absolute atomic E-state index is 10.1. The number of aliphatic hydroxyl groups is 2. The number of hydrogen-bond donors (Lipinski definition) is 2. The number of fused-ring (bicyclic) bond motifs is 1. The standard InChI is InChI=1S/C12H11Cl3N2O3/c13-3-9-10(18)11(19)12(20-9)17-4-16-7-1-5(14)6(15)2-8(7)17/h1-2,4,9-12,18-19H,3H2/t9-,10+,11+,12+/m0/s1. The van der Waals surface area contributed by atoms with Gasteiger partial charge in [-0.2, -0.15) is 0 Å². The lowest BCUT2D eigenvalue weighted by molar-refractivity contribution is -0.0288. The summed E-state index contributed by atoms with van der Waals surface area (Å²) in [6.45, 7) is 0. The topological polar surface area (TPSA) is 67.5 Å². The van der Waals surface area contributed by atoms with E-state index in [2.05, 4.69) is 4.98 Å². The van der Waals surface area contributed by atoms with Crippen LogP contribution in [0.25, 0.3) is 11.0 Å². The van der Waals surface area contributed by atoms with Crippen LogP contribution in [0.5, 0.6) is 0 Å². The Kier molecular flexibility index (Phi) is 3.83. The quantitative estimate of drug-likeness (QED) is 0.825. The van der Waals surface area contributed by atoms with Crippen LogP contribution in [0, 0.1) is 0 Å². The Bertz CT molecular complexity index is 648. The Hall–Kier alpha value is -0.560. The second-order valence-electron chi connectivity index (χ2n) is 4.61. The molecule has 2 heterocycles. The second kappa shape index (κ2) is 5.33. The van der Waals surface area contributed by atoms with Crippen molar-refractivity contribution in [3.8, 4) is 0 Å². The number of alkyl halides is 1. The van der Waals surface area contributed by atoms with Gasteiger partial charge in [0.05, 0.1) is 33.3 Å². The molecule has 4 atom stereocenters. The van der Waals surface area contributed by atoms with E-state index in [1.165, 1.54) is 6.33 Å². The molecule has 1 fully saturated rings. The highest BCUT2D eigenvalue weighted by Gasteiger charge is 2.43. The van der Waals surface area contributed by atoms with Gasteiger partial charge in [-0.3, -0.25) is 0 Å². The van der Waals surface area contributed by atoms with Crippen molar-refractivity contribution in [3.63, 3.8) is 0 Å². The molecule has 0 aliphatic carbocycles. The van der Waals surface area contributed by atoms with Gasteiger partial charge in [0.25, 0.3) is 0 Å². The van der Waals surface area contributed by atoms with Crippen molar-refractivity contribution < 1.29 is 14.9 Å². The largest absolute Gasteiger partial charge is 0.387 e. The molecule has 8 heteroatoms. The van der Waals surface area contributed by atoms with E-state index in [1.807, 2.05) is 0 Å². The summed E-state index contributed by atoms with van der Waals surface area (Å²) in [6.07, 6.45) is -2.02. The van der Waals surface area contributed by atoms with Crippen LogP contribution >= 0.6 is 34.8 Å². The fraction of sp³-hybridized carbons (Fsp3) is 0.417. The van der Waals surface area contributed by atoms with E-state index in [-0.39, 0.29) is 5.88 Å². The van der Waals surface area contributed by atoms with Crippen LogP contribution in [0.1, 0.15) is 6.23 Å². The lowest BCUT2D eigenvalue weighted by atomic mass is 10.1. The fourth-order valence-electron chi connectivity index (χ4n) is 2.31. The summed E-state index contributed by atoms with van der Waals surface area (Å²) >= 11 is 17.6. The van der Waals surface area contributed by atoms with Gasteiger partial charge in [0.2, 0.25) is 0 Å². The summed E-state index contributed by atoms with van der Waals surface area (Å²) < 4.78 is 7.18. The Morgan fingerprint density at radius 2 is 1.90 bits per heavy atom. The summed E-state index contributed by atoms with van der Waals surface area (Å²) in [5.74, 6) is 0.0912. The van der Waals surface area contributed by atoms with Crippen LogP contribution in [0.3, 0.4) is 0 Å². The van der Waals surface area contributed by atoms with Gasteiger partial charge < -0.3 is 19.5 Å². The highest BCUT2D eigenvalue weighted by atomic mass is 35.5. The monoisotopic (exact) mass is 336 g/mol. The van der Waals surface area contributed by atoms with Gasteiger partial charge in [0.1, 0.15) is 18.3 Å². The number of ether oxygens (including phenoxy) is 1. The van der Waals surface area contributed by atoms with Crippen molar-refractivity contribution >= 4 is 45.8 Å². The molecule has 1 aromatic heterocycles. The minimum absolute atomic E-state index is 0.0912. The molecule has 2 N–H and O–H groups in total. The van der Waals surface area contributed by atoms with Crippen LogP contribution in [0.2, 0.25) is 10.0 Å². The summed E-state index contributed by atoms with van der Waals surface area (Å²) in [6, 6.07) is 3.27. The number of rotatable bonds is 2. The number of hydrogen-bond acceptors (Lipinski definition) is 4. The molecule has 3 rings (SSSR count). The lowest BCUT2D eigenvalue weighted by Crippen LogP contribution is -2.32. The highest BCUT2D eigenvalue weighted by molar-refractivity contribution is 6.42. The Balaban J connectivity index is 2.05. The van der Waals surface area contributed by atoms with E-state index in [4.69, 9.17) is 39.5 Å². The van der Waals surface area contributed by atoms with Gasteiger partial charge in [-0.05, 0) is 12.1 Å². The van der Waals surface area contributed by atoms with Gasteiger partial charge >= 0.3 is 0 Å². The average Bonchev–Trinajstić information content (AvgIpc) is 2.94. The van der Waals surface area contributed by atoms with Crippen molar-refractivity contribution in [1.29, 1.82) is 0 Å². The zero-order chi connectivity index (χ0) is 14.4. The normalized spacial score (nSPS) is 30.2. The van der Waals surface area contributed by atoms with Crippen molar-refractivity contribution in [2.75, 3.05) is 5.88 Å². The molecule has 0 unspecified atom stereocenters. The fourth-order valence-corrected chi connectivity index (χ4v) is 2.88. The molecule has 1 aliphatic heterocycles. The SMILES string of the molecule is O[C@@H]1[C@H](O)[C@H](CCl)O[C@H]1n1cnc2cc(Cl)c(Cl)cc21. The van der Waals surface area contributed by atoms with E-state index in [9.17, 15) is 10.2 Å². The van der Waals surface area contributed by atoms with Crippen LogP contribution in [-0.4, -0.2) is 44.0 Å². The molecular weight excluding hydrogens is 327 g/mol. The number of aromatic nitrogens is 2. The molecular formula is C12H11Cl3N2O3. The Morgan fingerprint density at radius 3 is 2.55 bits per heavy atom. The maximum atomic E-state index is 10.1. The van der Waals surface area contributed by atoms with Crippen molar-refractivity contribution in [1.82, 2.24) is 9.55 Å². The number of benzene rings is 1. The Morgan fingerprint density at radius 1 is 1.20 bits per heavy atom. The zero-order valence-corrected chi connectivity index (χ0v) is 12.3. The van der Waals surface area contributed by atoms with Crippen molar-refractivity contribution in [3.05, 3.63) is 28.5 Å². The van der Waals surface area contributed by atoms with Crippen molar-refractivity contribution in [2.24, 2.45) is 0 Å². The summed E-state index contributed by atoms with van der Waals surface area (Å²) in [5.41, 5.74) is 1.28. The number of halogens is 3. The van der Waals surface area contributed by atoms with E-state index in [0.29, 0.717) is 21.1 Å². The minimum Gasteiger partial charge on any atom is -0.387 e. The molecule has 1 aromatic carbocycles. The zero-order valence-electron chi connectivity index (χ0n) is 10.1. The average molecular weight is 338 g/mol. The number of imidazole rings is 1. The summed E-state index contributed by atoms with van der Waals surface area (Å²) in [7, 11) is 0. The molecule has 0 bridgehead atoms. The van der Waals surface area contributed by atoms with Gasteiger partial charge in [0.15, 0.2) is 6.23 Å². The lowest BCUT2D eigenvalue weighted by Gasteiger charge is -2.17. The highest BCUT2D eigenvalue weighted by Crippen LogP contribution is 2.34. The first-order valence-corrected chi connectivity index (χ1v) is 7.21. The molecule has 0 radical (unpaired) electrons. The number of aliphatic hydroxyl groups excluding tert-OH is 2. The summed E-state index contributed by atoms with van der Waals surface area (Å²) in [5, 5.41) is 20.7. The Labute approximate surface area is 129 Å². The molecule has 5 nitrogen and oxygen atoms in total. The molecule has 0 spiro atoms. The molecule has 2 aromatic rings. The van der Waals surface area contributed by atoms with E-state index in [1.54, 1.807) is 16.7 Å². The van der Waals surface area contributed by atoms with Crippen LogP contribution in [0.15, 0.2) is 18.5 Å². The predicted octanol–water partition coefficient (Wildman–Crippen LogP) is 2.20. The van der Waals surface area contributed by atoms with Crippen LogP contribution in [-0.2, 0) is 4.74 Å². The molecule has 0 amide bonds. The summed E-state index contributed by atoms with van der Waals surface area (Å²) in [4.78, 5) is 4.19. The van der Waals surface area contributed by atoms with Crippen LogP contribution < -0.4 is 0 Å². The molecule has 108 valence electrons. The van der Waals surface area contributed by atoms with Gasteiger partial charge in [-0.15, -0.1) is 11.6 Å². The molecule has 0 saturated carbocycles. The van der Waals surface area contributed by atoms with E-state index >= 15 is 0 Å². The van der Waals surface area contributed by atoms with Gasteiger partial charge in [-0.1, -0.05) is 23.2 Å². The third-order valence-electron chi connectivity index (χ3n) is 3.38. The minimum atomic E-state index is -1.09. The molecule has 20 heavy (non-hydrogen) atoms. The van der Waals surface area contributed by atoms with Crippen LogP contribution in [0.4, 0.5) is 0 Å². The smallest absolute Gasteiger partial charge is 0.164 e. The first-order valence-electron chi connectivity index (χ1n) is 5.92. The first-order chi connectivity index (χ1) is 9.52. The maximum Gasteiger partial charge on any atom is 0.164 e. The number of nitrogens with zero attached hydrogens (tertiary/aromatic N) is 2. The van der Waals surface area contributed by atoms with Crippen molar-refractivity contribution in [2.45, 2.75) is 24.5 Å². The van der Waals surface area contributed by atoms with E-state index < -0.39 is 24.5 Å². The third kappa shape index (κ3) is 2.19. The first kappa shape index (κ1) is 14.4. The molecule has 1 aliphatic rings. The van der Waals surface area contributed by atoms with Gasteiger partial charge in [-0.25, -0.2) is 4.98 Å². The third-order valence-corrected chi connectivity index (χ3v) is 4.41. The van der Waals surface area contributed by atoms with E-state index in [0.717, 1.165) is 0 Å². The molecule has 1 saturated heterocycles. The van der Waals surface area contributed by atoms with Gasteiger partial charge in [0, 0.05) is 0 Å². The predicted molar refractivity (Wildman–Crippen MR) is 76.4 cm³/mol.